The summed E-state index contributed by atoms with van der Waals surface area (Å²) in [6.07, 6.45) is 3.68. The summed E-state index contributed by atoms with van der Waals surface area (Å²) >= 11 is 0. The van der Waals surface area contributed by atoms with Crippen molar-refractivity contribution in [2.45, 2.75) is 31.3 Å². The molecule has 2 bridgehead atoms. The second-order valence-corrected chi connectivity index (χ2v) is 10.9. The van der Waals surface area contributed by atoms with Crippen molar-refractivity contribution in [1.82, 2.24) is 4.90 Å². The topological polar surface area (TPSA) is 57.6 Å². The van der Waals surface area contributed by atoms with E-state index >= 15 is 0 Å². The van der Waals surface area contributed by atoms with E-state index in [0.717, 1.165) is 67.5 Å². The van der Waals surface area contributed by atoms with Crippen LogP contribution in [-0.2, 0) is 5.60 Å². The molecule has 184 valence electrons. The molecule has 7 rings (SSSR count). The summed E-state index contributed by atoms with van der Waals surface area (Å²) in [7, 11) is 0. The Kier molecular flexibility index (Phi) is 5.58. The van der Waals surface area contributed by atoms with Crippen molar-refractivity contribution in [3.8, 4) is 0 Å². The highest BCUT2D eigenvalue weighted by Crippen LogP contribution is 2.57. The standard InChI is InChI=1S/C31H33N2O3/c34-28-26-14-7-8-15-27(26)29(35)32(28)19-9-20-33-21-16-30(17-22-33,18-23-33)31(36,24-10-3-1-4-11-24)25-12-5-2-6-13-25/h1-8,10-15,36H,9,16-23H2/q+1. The molecule has 4 aliphatic heterocycles. The van der Waals surface area contributed by atoms with Crippen LogP contribution in [0.3, 0.4) is 0 Å². The predicted octanol–water partition coefficient (Wildman–Crippen LogP) is 4.61. The quantitative estimate of drug-likeness (QED) is 0.396. The van der Waals surface area contributed by atoms with Crippen LogP contribution in [-0.4, -0.2) is 59.0 Å². The Morgan fingerprint density at radius 3 is 1.64 bits per heavy atom. The predicted molar refractivity (Wildman–Crippen MR) is 138 cm³/mol. The molecule has 4 aliphatic rings. The van der Waals surface area contributed by atoms with Crippen LogP contribution in [0.2, 0.25) is 0 Å². The van der Waals surface area contributed by atoms with Gasteiger partial charge in [0.2, 0.25) is 0 Å². The van der Waals surface area contributed by atoms with Gasteiger partial charge in [0.1, 0.15) is 5.60 Å². The van der Waals surface area contributed by atoms with Gasteiger partial charge in [-0.3, -0.25) is 14.5 Å². The Bertz CT molecular complexity index is 1190. The maximum atomic E-state index is 12.7. The number of fused-ring (bicyclic) bond motifs is 4. The Morgan fingerprint density at radius 2 is 1.17 bits per heavy atom. The zero-order valence-corrected chi connectivity index (χ0v) is 20.6. The lowest BCUT2D eigenvalue weighted by Gasteiger charge is -2.60. The third-order valence-corrected chi connectivity index (χ3v) is 9.24. The number of carbonyl (C=O) groups excluding carboxylic acids is 2. The molecule has 3 aromatic rings. The smallest absolute Gasteiger partial charge is 0.261 e. The minimum absolute atomic E-state index is 0.164. The first-order valence-electron chi connectivity index (χ1n) is 13.1. The monoisotopic (exact) mass is 481 g/mol. The van der Waals surface area contributed by atoms with Crippen LogP contribution in [0.25, 0.3) is 0 Å². The summed E-state index contributed by atoms with van der Waals surface area (Å²) in [5, 5.41) is 12.5. The number of rotatable bonds is 7. The fourth-order valence-electron chi connectivity index (χ4n) is 7.09. The zero-order chi connectivity index (χ0) is 24.8. The van der Waals surface area contributed by atoms with Crippen LogP contribution in [0.1, 0.15) is 57.5 Å². The number of hydrogen-bond acceptors (Lipinski definition) is 3. The van der Waals surface area contributed by atoms with Gasteiger partial charge in [0.15, 0.2) is 0 Å². The molecule has 36 heavy (non-hydrogen) atoms. The van der Waals surface area contributed by atoms with Crippen molar-refractivity contribution >= 4 is 11.8 Å². The second-order valence-electron chi connectivity index (χ2n) is 10.9. The number of nitrogens with zero attached hydrogens (tertiary/aromatic N) is 2. The van der Waals surface area contributed by atoms with Gasteiger partial charge in [-0.1, -0.05) is 72.8 Å². The van der Waals surface area contributed by atoms with Gasteiger partial charge in [0, 0.05) is 37.6 Å². The Balaban J connectivity index is 1.17. The van der Waals surface area contributed by atoms with E-state index in [1.807, 2.05) is 48.5 Å². The average molecular weight is 482 g/mol. The molecule has 0 spiro atoms. The summed E-state index contributed by atoms with van der Waals surface area (Å²) in [4.78, 5) is 26.9. The molecule has 2 amide bonds. The van der Waals surface area contributed by atoms with Crippen molar-refractivity contribution in [2.75, 3.05) is 32.7 Å². The fourth-order valence-corrected chi connectivity index (χ4v) is 7.09. The maximum absolute atomic E-state index is 12.7. The molecule has 3 fully saturated rings. The first-order chi connectivity index (χ1) is 17.5. The van der Waals surface area contributed by atoms with Gasteiger partial charge < -0.3 is 9.59 Å². The molecule has 4 heterocycles. The molecular formula is C31H33N2O3+. The van der Waals surface area contributed by atoms with Crippen molar-refractivity contribution in [2.24, 2.45) is 5.41 Å². The van der Waals surface area contributed by atoms with Gasteiger partial charge in [-0.05, 0) is 23.3 Å². The van der Waals surface area contributed by atoms with Gasteiger partial charge in [-0.2, -0.15) is 0 Å². The van der Waals surface area contributed by atoms with Crippen LogP contribution in [0.5, 0.6) is 0 Å². The number of aliphatic hydroxyl groups is 1. The number of amides is 2. The van der Waals surface area contributed by atoms with Gasteiger partial charge in [0.25, 0.3) is 11.8 Å². The van der Waals surface area contributed by atoms with E-state index in [-0.39, 0.29) is 17.2 Å². The normalized spacial score (nSPS) is 25.3. The molecule has 5 heteroatoms. The molecule has 0 atom stereocenters. The number of imide groups is 1. The van der Waals surface area contributed by atoms with Crippen LogP contribution < -0.4 is 0 Å². The van der Waals surface area contributed by atoms with E-state index in [1.165, 1.54) is 4.90 Å². The SMILES string of the molecule is O=C1c2ccccc2C(=O)N1CCC[N+]12CCC(C(O)(c3ccccc3)c3ccccc3)(CC1)CC2. The largest absolute Gasteiger partial charge is 0.380 e. The highest BCUT2D eigenvalue weighted by atomic mass is 16.3. The molecule has 3 aromatic carbocycles. The molecule has 1 N–H and O–H groups in total. The van der Waals surface area contributed by atoms with Crippen LogP contribution in [0.15, 0.2) is 84.9 Å². The van der Waals surface area contributed by atoms with E-state index in [2.05, 4.69) is 24.3 Å². The number of quaternary nitrogens is 1. The lowest BCUT2D eigenvalue weighted by atomic mass is 9.56. The summed E-state index contributed by atoms with van der Waals surface area (Å²) in [6.45, 7) is 4.48. The summed E-state index contributed by atoms with van der Waals surface area (Å²) < 4.78 is 1.02. The molecule has 0 radical (unpaired) electrons. The first-order valence-corrected chi connectivity index (χ1v) is 13.1. The number of hydrogen-bond donors (Lipinski definition) is 1. The minimum atomic E-state index is -1.02. The first kappa shape index (κ1) is 23.1. The number of piperidine rings is 3. The zero-order valence-electron chi connectivity index (χ0n) is 20.6. The molecule has 3 saturated heterocycles. The van der Waals surface area contributed by atoms with E-state index in [4.69, 9.17) is 0 Å². The molecular weight excluding hydrogens is 448 g/mol. The third kappa shape index (κ3) is 3.45. The summed E-state index contributed by atoms with van der Waals surface area (Å²) in [5.74, 6) is -0.328. The molecule has 0 aromatic heterocycles. The van der Waals surface area contributed by atoms with Crippen molar-refractivity contribution in [1.29, 1.82) is 0 Å². The summed E-state index contributed by atoms with van der Waals surface area (Å²) in [6, 6.07) is 27.5. The lowest BCUT2D eigenvalue weighted by molar-refractivity contribution is -0.946. The van der Waals surface area contributed by atoms with Gasteiger partial charge >= 0.3 is 0 Å². The average Bonchev–Trinajstić information content (AvgIpc) is 3.19. The van der Waals surface area contributed by atoms with Crippen LogP contribution in [0.4, 0.5) is 0 Å². The Morgan fingerprint density at radius 1 is 0.722 bits per heavy atom. The number of carbonyl (C=O) groups is 2. The molecule has 5 nitrogen and oxygen atoms in total. The molecule has 0 unspecified atom stereocenters. The molecule has 0 saturated carbocycles. The highest BCUT2D eigenvalue weighted by molar-refractivity contribution is 6.21. The Hall–Kier alpha value is -3.28. The van der Waals surface area contributed by atoms with E-state index in [9.17, 15) is 14.7 Å². The second kappa shape index (κ2) is 8.68. The van der Waals surface area contributed by atoms with Gasteiger partial charge in [-0.25, -0.2) is 0 Å². The van der Waals surface area contributed by atoms with E-state index in [1.54, 1.807) is 12.1 Å². The number of benzene rings is 3. The third-order valence-electron chi connectivity index (χ3n) is 9.24. The van der Waals surface area contributed by atoms with Crippen molar-refractivity contribution in [3.05, 3.63) is 107 Å². The van der Waals surface area contributed by atoms with Gasteiger partial charge in [0.05, 0.1) is 37.3 Å². The lowest BCUT2D eigenvalue weighted by Crippen LogP contribution is -2.66. The van der Waals surface area contributed by atoms with Crippen molar-refractivity contribution < 1.29 is 19.2 Å². The van der Waals surface area contributed by atoms with E-state index < -0.39 is 5.60 Å². The molecule has 0 aliphatic carbocycles. The fraction of sp³-hybridized carbons (Fsp3) is 0.355. The summed E-state index contributed by atoms with van der Waals surface area (Å²) in [5.41, 5.74) is 1.78. The van der Waals surface area contributed by atoms with Crippen LogP contribution >= 0.6 is 0 Å². The minimum Gasteiger partial charge on any atom is -0.380 e. The van der Waals surface area contributed by atoms with Crippen LogP contribution in [0, 0.1) is 5.41 Å². The Labute approximate surface area is 212 Å². The van der Waals surface area contributed by atoms with Crippen molar-refractivity contribution in [3.63, 3.8) is 0 Å². The highest BCUT2D eigenvalue weighted by Gasteiger charge is 2.60. The van der Waals surface area contributed by atoms with Gasteiger partial charge in [-0.15, -0.1) is 0 Å². The van der Waals surface area contributed by atoms with E-state index in [0.29, 0.717) is 17.7 Å². The maximum Gasteiger partial charge on any atom is 0.261 e.